The molecule has 4 nitrogen and oxygen atoms in total. The summed E-state index contributed by atoms with van der Waals surface area (Å²) in [5.41, 5.74) is 9.00. The van der Waals surface area contributed by atoms with Gasteiger partial charge < -0.3 is 0 Å². The quantitative estimate of drug-likeness (QED) is 0.898. The van der Waals surface area contributed by atoms with Crippen LogP contribution in [0.5, 0.6) is 0 Å². The number of rotatable bonds is 2. The fourth-order valence-electron chi connectivity index (χ4n) is 3.21. The number of fused-ring (bicyclic) bond motifs is 1. The highest BCUT2D eigenvalue weighted by Crippen LogP contribution is 2.42. The van der Waals surface area contributed by atoms with Crippen LogP contribution in [-0.4, -0.2) is 17.3 Å². The van der Waals surface area contributed by atoms with E-state index in [0.717, 1.165) is 22.7 Å². The molecule has 1 amide bonds. The molecule has 0 spiro atoms. The zero-order valence-electron chi connectivity index (χ0n) is 13.1. The second-order valence-electron chi connectivity index (χ2n) is 6.42. The molecule has 0 saturated heterocycles. The lowest BCUT2D eigenvalue weighted by Gasteiger charge is -2.22. The van der Waals surface area contributed by atoms with Crippen LogP contribution in [-0.2, 0) is 10.2 Å². The molecule has 2 aliphatic rings. The minimum absolute atomic E-state index is 0.0154. The van der Waals surface area contributed by atoms with Gasteiger partial charge in [-0.2, -0.15) is 16.4 Å². The summed E-state index contributed by atoms with van der Waals surface area (Å²) >= 11 is 1.69. The maximum Gasteiger partial charge on any atom is 0.240 e. The van der Waals surface area contributed by atoms with E-state index in [1.54, 1.807) is 11.3 Å². The Morgan fingerprint density at radius 3 is 2.74 bits per heavy atom. The van der Waals surface area contributed by atoms with Crippen molar-refractivity contribution in [1.29, 1.82) is 0 Å². The Balaban J connectivity index is 1.74. The Bertz CT molecular complexity index is 847. The summed E-state index contributed by atoms with van der Waals surface area (Å²) in [6, 6.07) is 8.41. The van der Waals surface area contributed by atoms with E-state index >= 15 is 0 Å². The van der Waals surface area contributed by atoms with Gasteiger partial charge in [0.1, 0.15) is 0 Å². The second-order valence-corrected chi connectivity index (χ2v) is 7.20. The molecule has 0 saturated carbocycles. The van der Waals surface area contributed by atoms with Crippen LogP contribution in [0.25, 0.3) is 0 Å². The standard InChI is InChI=1S/C18H17N3OS/c1-18(2)13-9-11(14-5-6-16(22)21-20-14)3-4-15(13)19-17(18)12-7-8-23-10-12/h3-4,7-10H,5-6H2,1-2H3,(H,21,22). The minimum atomic E-state index is -0.134. The van der Waals surface area contributed by atoms with Crippen LogP contribution in [0.1, 0.15) is 43.4 Å². The summed E-state index contributed by atoms with van der Waals surface area (Å²) in [6.07, 6.45) is 1.18. The zero-order chi connectivity index (χ0) is 16.0. The highest BCUT2D eigenvalue weighted by atomic mass is 32.1. The van der Waals surface area contributed by atoms with Crippen molar-refractivity contribution in [2.24, 2.45) is 10.1 Å². The Labute approximate surface area is 139 Å². The number of carbonyl (C=O) groups excluding carboxylic acids is 1. The van der Waals surface area contributed by atoms with Gasteiger partial charge in [-0.25, -0.2) is 5.43 Å². The smallest absolute Gasteiger partial charge is 0.240 e. The van der Waals surface area contributed by atoms with Crippen molar-refractivity contribution >= 4 is 34.4 Å². The summed E-state index contributed by atoms with van der Waals surface area (Å²) in [7, 11) is 0. The molecule has 2 aromatic rings. The van der Waals surface area contributed by atoms with Crippen molar-refractivity contribution in [3.63, 3.8) is 0 Å². The molecule has 116 valence electrons. The molecule has 0 aliphatic carbocycles. The molecule has 1 aromatic carbocycles. The van der Waals surface area contributed by atoms with Gasteiger partial charge in [-0.15, -0.1) is 0 Å². The van der Waals surface area contributed by atoms with Crippen LogP contribution in [0, 0.1) is 0 Å². The Morgan fingerprint density at radius 2 is 2.04 bits per heavy atom. The first-order valence-electron chi connectivity index (χ1n) is 7.68. The number of amides is 1. The number of thiophene rings is 1. The summed E-state index contributed by atoms with van der Waals surface area (Å²) < 4.78 is 0. The predicted molar refractivity (Wildman–Crippen MR) is 93.9 cm³/mol. The van der Waals surface area contributed by atoms with Crippen molar-refractivity contribution in [2.75, 3.05) is 0 Å². The first-order valence-corrected chi connectivity index (χ1v) is 8.62. The fraction of sp³-hybridized carbons (Fsp3) is 0.278. The predicted octanol–water partition coefficient (Wildman–Crippen LogP) is 3.77. The molecule has 5 heteroatoms. The van der Waals surface area contributed by atoms with Gasteiger partial charge in [0.05, 0.1) is 17.1 Å². The highest BCUT2D eigenvalue weighted by molar-refractivity contribution is 7.08. The van der Waals surface area contributed by atoms with E-state index in [9.17, 15) is 4.79 Å². The van der Waals surface area contributed by atoms with E-state index in [1.807, 2.05) is 6.07 Å². The molecule has 23 heavy (non-hydrogen) atoms. The van der Waals surface area contributed by atoms with Gasteiger partial charge in [-0.05, 0) is 40.1 Å². The van der Waals surface area contributed by atoms with Gasteiger partial charge in [-0.1, -0.05) is 19.9 Å². The summed E-state index contributed by atoms with van der Waals surface area (Å²) in [5.74, 6) is -0.0154. The van der Waals surface area contributed by atoms with Crippen molar-refractivity contribution in [3.05, 3.63) is 51.7 Å². The number of hydrogen-bond donors (Lipinski definition) is 1. The lowest BCUT2D eigenvalue weighted by molar-refractivity contribution is -0.121. The van der Waals surface area contributed by atoms with E-state index in [0.29, 0.717) is 12.8 Å². The van der Waals surface area contributed by atoms with Gasteiger partial charge >= 0.3 is 0 Å². The van der Waals surface area contributed by atoms with Crippen LogP contribution in [0.4, 0.5) is 5.69 Å². The molecule has 0 fully saturated rings. The van der Waals surface area contributed by atoms with Gasteiger partial charge in [0.15, 0.2) is 0 Å². The normalized spacial score (nSPS) is 19.0. The maximum absolute atomic E-state index is 11.3. The minimum Gasteiger partial charge on any atom is -0.273 e. The van der Waals surface area contributed by atoms with Crippen molar-refractivity contribution in [1.82, 2.24) is 5.43 Å². The molecular weight excluding hydrogens is 306 g/mol. The lowest BCUT2D eigenvalue weighted by atomic mass is 9.79. The van der Waals surface area contributed by atoms with Crippen LogP contribution in [0.2, 0.25) is 0 Å². The number of nitrogens with one attached hydrogen (secondary N) is 1. The number of nitrogens with zero attached hydrogens (tertiary/aromatic N) is 2. The van der Waals surface area contributed by atoms with E-state index in [2.05, 4.69) is 53.3 Å². The Hall–Kier alpha value is -2.27. The summed E-state index contributed by atoms with van der Waals surface area (Å²) in [6.45, 7) is 4.42. The molecule has 1 N–H and O–H groups in total. The molecule has 0 unspecified atom stereocenters. The van der Waals surface area contributed by atoms with Crippen LogP contribution < -0.4 is 5.43 Å². The zero-order valence-corrected chi connectivity index (χ0v) is 13.9. The molecule has 0 radical (unpaired) electrons. The van der Waals surface area contributed by atoms with Gasteiger partial charge in [-0.3, -0.25) is 9.79 Å². The Morgan fingerprint density at radius 1 is 1.17 bits per heavy atom. The monoisotopic (exact) mass is 323 g/mol. The average molecular weight is 323 g/mol. The molecule has 0 atom stereocenters. The van der Waals surface area contributed by atoms with E-state index in [4.69, 9.17) is 4.99 Å². The van der Waals surface area contributed by atoms with Crippen LogP contribution >= 0.6 is 11.3 Å². The third-order valence-electron chi connectivity index (χ3n) is 4.53. The Kier molecular flexibility index (Phi) is 3.20. The van der Waals surface area contributed by atoms with Crippen LogP contribution in [0.15, 0.2) is 45.1 Å². The highest BCUT2D eigenvalue weighted by Gasteiger charge is 2.36. The molecule has 0 bridgehead atoms. The van der Waals surface area contributed by atoms with Crippen molar-refractivity contribution < 1.29 is 4.79 Å². The number of aliphatic imine (C=N–C) groups is 1. The van der Waals surface area contributed by atoms with E-state index in [1.165, 1.54) is 11.1 Å². The van der Waals surface area contributed by atoms with Crippen molar-refractivity contribution in [3.8, 4) is 0 Å². The first-order chi connectivity index (χ1) is 11.1. The second kappa shape index (κ2) is 5.13. The first kappa shape index (κ1) is 14.3. The van der Waals surface area contributed by atoms with Crippen LogP contribution in [0.3, 0.4) is 0 Å². The third kappa shape index (κ3) is 2.32. The molecule has 1 aromatic heterocycles. The topological polar surface area (TPSA) is 53.8 Å². The van der Waals surface area contributed by atoms with E-state index < -0.39 is 0 Å². The SMILES string of the molecule is CC1(C)C(c2ccsc2)=Nc2ccc(C3=NNC(=O)CC3)cc21. The number of benzene rings is 1. The molecule has 2 aliphatic heterocycles. The van der Waals surface area contributed by atoms with E-state index in [-0.39, 0.29) is 11.3 Å². The van der Waals surface area contributed by atoms with Crippen molar-refractivity contribution in [2.45, 2.75) is 32.1 Å². The number of hydrogen-bond acceptors (Lipinski definition) is 4. The number of carbonyl (C=O) groups is 1. The van der Waals surface area contributed by atoms with Gasteiger partial charge in [0.2, 0.25) is 5.91 Å². The maximum atomic E-state index is 11.3. The fourth-order valence-corrected chi connectivity index (χ4v) is 3.85. The molecule has 4 rings (SSSR count). The molecule has 3 heterocycles. The average Bonchev–Trinajstić information content (AvgIpc) is 3.14. The largest absolute Gasteiger partial charge is 0.273 e. The third-order valence-corrected chi connectivity index (χ3v) is 5.21. The number of hydrazone groups is 1. The molecular formula is C18H17N3OS. The summed E-state index contributed by atoms with van der Waals surface area (Å²) in [5, 5.41) is 8.44. The lowest BCUT2D eigenvalue weighted by Crippen LogP contribution is -2.27. The van der Waals surface area contributed by atoms with Gasteiger partial charge in [0, 0.05) is 23.8 Å². The summed E-state index contributed by atoms with van der Waals surface area (Å²) in [4.78, 5) is 16.1. The van der Waals surface area contributed by atoms with Gasteiger partial charge in [0.25, 0.3) is 0 Å².